The van der Waals surface area contributed by atoms with Gasteiger partial charge in [-0.2, -0.15) is 0 Å². The number of nitrogens with zero attached hydrogens (tertiary/aromatic N) is 2. The highest BCUT2D eigenvalue weighted by Gasteiger charge is 2.33. The predicted molar refractivity (Wildman–Crippen MR) is 91.1 cm³/mol. The van der Waals surface area contributed by atoms with Crippen molar-refractivity contribution >= 4 is 17.5 Å². The molecule has 6 heteroatoms. The van der Waals surface area contributed by atoms with E-state index in [1.54, 1.807) is 6.07 Å². The molecule has 0 aromatic heterocycles. The lowest BCUT2D eigenvalue weighted by molar-refractivity contribution is -0.121. The van der Waals surface area contributed by atoms with Gasteiger partial charge in [0.25, 0.3) is 0 Å². The minimum absolute atomic E-state index is 0.0642. The molecule has 128 valence electrons. The van der Waals surface area contributed by atoms with Gasteiger partial charge >= 0.3 is 0 Å². The molecule has 1 N–H and O–H groups in total. The van der Waals surface area contributed by atoms with Crippen LogP contribution in [-0.4, -0.2) is 56.5 Å². The maximum absolute atomic E-state index is 13.8. The smallest absolute Gasteiger partial charge is 0.221 e. The van der Waals surface area contributed by atoms with Crippen LogP contribution in [0.3, 0.4) is 0 Å². The van der Waals surface area contributed by atoms with E-state index in [1.165, 1.54) is 6.07 Å². The standard InChI is InChI=1S/C17H25ClFN3O/c1-21(2)8-7-16(23)20-11-13-6-9-22(3)17(13)12-4-5-14(18)15(19)10-12/h4-5,10,13,17H,6-9,11H2,1-3H3,(H,20,23)/t13-,17+/m1/s1. The average Bonchev–Trinajstić information content (AvgIpc) is 2.87. The summed E-state index contributed by atoms with van der Waals surface area (Å²) in [5.74, 6) is -0.0450. The first-order chi connectivity index (χ1) is 10.9. The van der Waals surface area contributed by atoms with Crippen LogP contribution in [0.4, 0.5) is 4.39 Å². The summed E-state index contributed by atoms with van der Waals surface area (Å²) in [5.41, 5.74) is 0.916. The predicted octanol–water partition coefficient (Wildman–Crippen LogP) is 2.54. The quantitative estimate of drug-likeness (QED) is 0.863. The first-order valence-corrected chi connectivity index (χ1v) is 8.33. The third-order valence-corrected chi connectivity index (χ3v) is 4.71. The number of hydrogen-bond acceptors (Lipinski definition) is 3. The van der Waals surface area contributed by atoms with Crippen molar-refractivity contribution in [2.75, 3.05) is 40.8 Å². The lowest BCUT2D eigenvalue weighted by Gasteiger charge is -2.26. The first kappa shape index (κ1) is 18.2. The zero-order chi connectivity index (χ0) is 17.0. The Bertz CT molecular complexity index is 553. The van der Waals surface area contributed by atoms with E-state index in [9.17, 15) is 9.18 Å². The number of rotatable bonds is 6. The third kappa shape index (κ3) is 4.90. The summed E-state index contributed by atoms with van der Waals surface area (Å²) in [7, 11) is 5.93. The molecule has 1 aliphatic heterocycles. The molecule has 0 unspecified atom stereocenters. The van der Waals surface area contributed by atoms with Gasteiger partial charge in [-0.05, 0) is 57.7 Å². The van der Waals surface area contributed by atoms with Crippen LogP contribution in [0.15, 0.2) is 18.2 Å². The van der Waals surface area contributed by atoms with Crippen molar-refractivity contribution < 1.29 is 9.18 Å². The van der Waals surface area contributed by atoms with Gasteiger partial charge in [-0.3, -0.25) is 9.69 Å². The van der Waals surface area contributed by atoms with Gasteiger partial charge in [0.15, 0.2) is 0 Å². The van der Waals surface area contributed by atoms with Crippen molar-refractivity contribution in [1.82, 2.24) is 15.1 Å². The number of amides is 1. The summed E-state index contributed by atoms with van der Waals surface area (Å²) in [6.45, 7) is 2.29. The lowest BCUT2D eigenvalue weighted by Crippen LogP contribution is -2.33. The Hall–Kier alpha value is -1.17. The Balaban J connectivity index is 1.98. The third-order valence-electron chi connectivity index (χ3n) is 4.41. The van der Waals surface area contributed by atoms with Crippen LogP contribution < -0.4 is 5.32 Å². The monoisotopic (exact) mass is 341 g/mol. The minimum atomic E-state index is -0.391. The first-order valence-electron chi connectivity index (χ1n) is 7.95. The molecule has 2 rings (SSSR count). The van der Waals surface area contributed by atoms with Crippen LogP contribution in [0.5, 0.6) is 0 Å². The molecule has 1 aromatic carbocycles. The van der Waals surface area contributed by atoms with Crippen molar-refractivity contribution in [2.45, 2.75) is 18.9 Å². The fraction of sp³-hybridized carbons (Fsp3) is 0.588. The Morgan fingerprint density at radius 1 is 1.48 bits per heavy atom. The summed E-state index contributed by atoms with van der Waals surface area (Å²) in [4.78, 5) is 16.1. The maximum Gasteiger partial charge on any atom is 0.221 e. The van der Waals surface area contributed by atoms with Crippen LogP contribution in [0.2, 0.25) is 5.02 Å². The molecule has 1 fully saturated rings. The fourth-order valence-corrected chi connectivity index (χ4v) is 3.24. The normalized spacial score (nSPS) is 21.8. The summed E-state index contributed by atoms with van der Waals surface area (Å²) in [6.07, 6.45) is 1.48. The van der Waals surface area contributed by atoms with E-state index in [-0.39, 0.29) is 22.9 Å². The van der Waals surface area contributed by atoms with Crippen molar-refractivity contribution in [3.63, 3.8) is 0 Å². The summed E-state index contributed by atoms with van der Waals surface area (Å²) in [6, 6.07) is 5.09. The van der Waals surface area contributed by atoms with Gasteiger partial charge in [-0.1, -0.05) is 17.7 Å². The van der Waals surface area contributed by atoms with Crippen LogP contribution >= 0.6 is 11.6 Å². The number of nitrogens with one attached hydrogen (secondary N) is 1. The molecule has 0 spiro atoms. The van der Waals surface area contributed by atoms with Gasteiger partial charge in [-0.25, -0.2) is 4.39 Å². The molecule has 0 aliphatic carbocycles. The second-order valence-electron chi connectivity index (χ2n) is 6.51. The zero-order valence-electron chi connectivity index (χ0n) is 14.0. The molecule has 4 nitrogen and oxygen atoms in total. The molecule has 0 saturated carbocycles. The van der Waals surface area contributed by atoms with Gasteiger partial charge in [0.2, 0.25) is 5.91 Å². The molecule has 23 heavy (non-hydrogen) atoms. The highest BCUT2D eigenvalue weighted by Crippen LogP contribution is 2.36. The second-order valence-corrected chi connectivity index (χ2v) is 6.91. The number of carbonyl (C=O) groups excluding carboxylic acids is 1. The van der Waals surface area contributed by atoms with E-state index in [1.807, 2.05) is 32.1 Å². The van der Waals surface area contributed by atoms with E-state index in [0.29, 0.717) is 13.0 Å². The maximum atomic E-state index is 13.8. The molecule has 1 aliphatic rings. The Morgan fingerprint density at radius 3 is 2.87 bits per heavy atom. The van der Waals surface area contributed by atoms with Crippen LogP contribution in [0, 0.1) is 11.7 Å². The van der Waals surface area contributed by atoms with E-state index < -0.39 is 5.82 Å². The number of carbonyl (C=O) groups is 1. The van der Waals surface area contributed by atoms with Crippen molar-refractivity contribution in [3.05, 3.63) is 34.6 Å². The van der Waals surface area contributed by atoms with E-state index in [4.69, 9.17) is 11.6 Å². The van der Waals surface area contributed by atoms with E-state index >= 15 is 0 Å². The van der Waals surface area contributed by atoms with E-state index in [0.717, 1.165) is 25.1 Å². The lowest BCUT2D eigenvalue weighted by atomic mass is 9.93. The van der Waals surface area contributed by atoms with Gasteiger partial charge in [-0.15, -0.1) is 0 Å². The van der Waals surface area contributed by atoms with Crippen LogP contribution in [-0.2, 0) is 4.79 Å². The molecular formula is C17H25ClFN3O. The number of halogens is 2. The Kier molecular flexibility index (Phi) is 6.39. The van der Waals surface area contributed by atoms with Crippen molar-refractivity contribution in [2.24, 2.45) is 5.92 Å². The Labute approximate surface area is 142 Å². The molecule has 1 aromatic rings. The molecule has 0 bridgehead atoms. The number of benzene rings is 1. The van der Waals surface area contributed by atoms with Crippen LogP contribution in [0.25, 0.3) is 0 Å². The average molecular weight is 342 g/mol. The largest absolute Gasteiger partial charge is 0.356 e. The minimum Gasteiger partial charge on any atom is -0.356 e. The molecular weight excluding hydrogens is 317 g/mol. The molecule has 1 heterocycles. The SMILES string of the molecule is CN(C)CCC(=O)NC[C@H]1CCN(C)[C@H]1c1ccc(Cl)c(F)c1. The van der Waals surface area contributed by atoms with Crippen LogP contribution in [0.1, 0.15) is 24.4 Å². The summed E-state index contributed by atoms with van der Waals surface area (Å²) < 4.78 is 13.8. The fourth-order valence-electron chi connectivity index (χ4n) is 3.12. The number of hydrogen-bond donors (Lipinski definition) is 1. The van der Waals surface area contributed by atoms with Gasteiger partial charge in [0.05, 0.1) is 5.02 Å². The van der Waals surface area contributed by atoms with Gasteiger partial charge in [0, 0.05) is 25.6 Å². The molecule has 2 atom stereocenters. The molecule has 1 saturated heterocycles. The van der Waals surface area contributed by atoms with Gasteiger partial charge in [0.1, 0.15) is 5.82 Å². The second kappa shape index (κ2) is 8.08. The molecule has 0 radical (unpaired) electrons. The van der Waals surface area contributed by atoms with Crippen molar-refractivity contribution in [3.8, 4) is 0 Å². The molecule has 1 amide bonds. The number of likely N-dealkylation sites (tertiary alicyclic amines) is 1. The Morgan fingerprint density at radius 2 is 2.22 bits per heavy atom. The highest BCUT2D eigenvalue weighted by molar-refractivity contribution is 6.30. The van der Waals surface area contributed by atoms with Crippen molar-refractivity contribution in [1.29, 1.82) is 0 Å². The topological polar surface area (TPSA) is 35.6 Å². The zero-order valence-corrected chi connectivity index (χ0v) is 14.7. The van der Waals surface area contributed by atoms with E-state index in [2.05, 4.69) is 10.2 Å². The summed E-state index contributed by atoms with van der Waals surface area (Å²) >= 11 is 5.77. The highest BCUT2D eigenvalue weighted by atomic mass is 35.5. The van der Waals surface area contributed by atoms with Gasteiger partial charge < -0.3 is 10.2 Å². The summed E-state index contributed by atoms with van der Waals surface area (Å²) in [5, 5.41) is 3.16.